The van der Waals surface area contributed by atoms with E-state index in [-0.39, 0.29) is 0 Å². The summed E-state index contributed by atoms with van der Waals surface area (Å²) in [6.45, 7) is 1.39. The van der Waals surface area contributed by atoms with Crippen molar-refractivity contribution in [2.45, 2.75) is 13.1 Å². The lowest BCUT2D eigenvalue weighted by Gasteiger charge is -2.13. The Balaban J connectivity index is 1.65. The van der Waals surface area contributed by atoms with Crippen LogP contribution in [-0.4, -0.2) is 32.1 Å². The van der Waals surface area contributed by atoms with E-state index < -0.39 is 0 Å². The zero-order valence-electron chi connectivity index (χ0n) is 11.7. The van der Waals surface area contributed by atoms with Gasteiger partial charge in [0.25, 0.3) is 0 Å². The molecule has 0 aliphatic carbocycles. The minimum Gasteiger partial charge on any atom is -0.338 e. The highest BCUT2D eigenvalue weighted by molar-refractivity contribution is 5.51. The number of hydrogen-bond acceptors (Lipinski definition) is 6. The van der Waals surface area contributed by atoms with Gasteiger partial charge in [-0.05, 0) is 36.9 Å². The second-order valence-electron chi connectivity index (χ2n) is 4.78. The van der Waals surface area contributed by atoms with Crippen LogP contribution in [0.1, 0.15) is 11.5 Å². The number of rotatable bonds is 5. The molecule has 3 rings (SSSR count). The van der Waals surface area contributed by atoms with Gasteiger partial charge >= 0.3 is 0 Å². The van der Waals surface area contributed by atoms with Crippen LogP contribution >= 0.6 is 0 Å². The van der Waals surface area contributed by atoms with E-state index in [1.54, 1.807) is 24.8 Å². The van der Waals surface area contributed by atoms with E-state index in [1.807, 2.05) is 31.3 Å². The zero-order chi connectivity index (χ0) is 14.5. The summed E-state index contributed by atoms with van der Waals surface area (Å²) >= 11 is 0. The van der Waals surface area contributed by atoms with Crippen LogP contribution in [-0.2, 0) is 13.1 Å². The van der Waals surface area contributed by atoms with Gasteiger partial charge in [0.05, 0.1) is 6.54 Å². The Kier molecular flexibility index (Phi) is 3.97. The van der Waals surface area contributed by atoms with Crippen molar-refractivity contribution in [1.82, 2.24) is 25.0 Å². The summed E-state index contributed by atoms with van der Waals surface area (Å²) in [5, 5.41) is 3.98. The van der Waals surface area contributed by atoms with E-state index in [0.29, 0.717) is 18.3 Å². The van der Waals surface area contributed by atoms with Crippen LogP contribution in [0.3, 0.4) is 0 Å². The SMILES string of the molecule is CN(Cc1ccncc1)Cc1nc(-c2cccnc2)no1. The van der Waals surface area contributed by atoms with E-state index in [2.05, 4.69) is 25.0 Å². The number of nitrogens with zero attached hydrogens (tertiary/aromatic N) is 5. The summed E-state index contributed by atoms with van der Waals surface area (Å²) < 4.78 is 5.28. The van der Waals surface area contributed by atoms with Gasteiger partial charge in [-0.2, -0.15) is 4.98 Å². The highest BCUT2D eigenvalue weighted by Crippen LogP contribution is 2.14. The first-order valence-electron chi connectivity index (χ1n) is 6.62. The normalized spacial score (nSPS) is 11.0. The number of hydrogen-bond donors (Lipinski definition) is 0. The molecule has 3 aromatic heterocycles. The van der Waals surface area contributed by atoms with Crippen molar-refractivity contribution >= 4 is 0 Å². The van der Waals surface area contributed by atoms with Crippen LogP contribution < -0.4 is 0 Å². The maximum absolute atomic E-state index is 5.28. The second-order valence-corrected chi connectivity index (χ2v) is 4.78. The smallest absolute Gasteiger partial charge is 0.241 e. The highest BCUT2D eigenvalue weighted by Gasteiger charge is 2.11. The van der Waals surface area contributed by atoms with Gasteiger partial charge in [-0.15, -0.1) is 0 Å². The lowest BCUT2D eigenvalue weighted by atomic mass is 10.2. The largest absolute Gasteiger partial charge is 0.338 e. The molecule has 0 radical (unpaired) electrons. The van der Waals surface area contributed by atoms with Gasteiger partial charge in [-0.25, -0.2) is 0 Å². The highest BCUT2D eigenvalue weighted by atomic mass is 16.5. The topological polar surface area (TPSA) is 67.9 Å². The minimum absolute atomic E-state index is 0.565. The first kappa shape index (κ1) is 13.4. The van der Waals surface area contributed by atoms with Crippen molar-refractivity contribution in [3.05, 3.63) is 60.5 Å². The Labute approximate surface area is 122 Å². The van der Waals surface area contributed by atoms with E-state index in [1.165, 1.54) is 5.56 Å². The second kappa shape index (κ2) is 6.23. The van der Waals surface area contributed by atoms with Gasteiger partial charge < -0.3 is 4.52 Å². The van der Waals surface area contributed by atoms with Gasteiger partial charge in [0.15, 0.2) is 0 Å². The predicted octanol–water partition coefficient (Wildman–Crippen LogP) is 2.16. The molecule has 0 fully saturated rings. The van der Waals surface area contributed by atoms with E-state index in [9.17, 15) is 0 Å². The van der Waals surface area contributed by atoms with E-state index >= 15 is 0 Å². The quantitative estimate of drug-likeness (QED) is 0.714. The molecule has 0 unspecified atom stereocenters. The molecular formula is C15H15N5O. The average Bonchev–Trinajstić information content (AvgIpc) is 2.97. The third-order valence-electron chi connectivity index (χ3n) is 2.99. The van der Waals surface area contributed by atoms with Gasteiger partial charge in [0, 0.05) is 36.9 Å². The Morgan fingerprint density at radius 2 is 1.90 bits per heavy atom. The van der Waals surface area contributed by atoms with Crippen LogP contribution in [0, 0.1) is 0 Å². The minimum atomic E-state index is 0.565. The van der Waals surface area contributed by atoms with Crippen LogP contribution in [0.15, 0.2) is 53.6 Å². The van der Waals surface area contributed by atoms with Gasteiger partial charge in [0.1, 0.15) is 0 Å². The molecule has 0 amide bonds. The molecule has 0 saturated heterocycles. The zero-order valence-corrected chi connectivity index (χ0v) is 11.7. The van der Waals surface area contributed by atoms with Gasteiger partial charge in [-0.3, -0.25) is 14.9 Å². The summed E-state index contributed by atoms with van der Waals surface area (Å²) in [4.78, 5) is 14.6. The summed E-state index contributed by atoms with van der Waals surface area (Å²) in [5.41, 5.74) is 2.05. The Morgan fingerprint density at radius 1 is 1.05 bits per heavy atom. The predicted molar refractivity (Wildman–Crippen MR) is 76.9 cm³/mol. The third-order valence-corrected chi connectivity index (χ3v) is 2.99. The number of pyridine rings is 2. The standard InChI is InChI=1S/C15H15N5O/c1-20(10-12-4-7-16-8-5-12)11-14-18-15(19-21-14)13-3-2-6-17-9-13/h2-9H,10-11H2,1H3. The summed E-state index contributed by atoms with van der Waals surface area (Å²) in [6, 6.07) is 7.74. The Hall–Kier alpha value is -2.60. The first-order valence-corrected chi connectivity index (χ1v) is 6.62. The monoisotopic (exact) mass is 281 g/mol. The fraction of sp³-hybridized carbons (Fsp3) is 0.200. The molecule has 21 heavy (non-hydrogen) atoms. The molecule has 0 atom stereocenters. The summed E-state index contributed by atoms with van der Waals surface area (Å²) in [5.74, 6) is 1.15. The Morgan fingerprint density at radius 3 is 2.67 bits per heavy atom. The molecule has 0 bridgehead atoms. The molecule has 0 aliphatic rings. The molecule has 3 heterocycles. The van der Waals surface area contributed by atoms with Gasteiger partial charge in [-0.1, -0.05) is 5.16 Å². The molecule has 6 heteroatoms. The maximum Gasteiger partial charge on any atom is 0.241 e. The van der Waals surface area contributed by atoms with Gasteiger partial charge in [0.2, 0.25) is 11.7 Å². The molecular weight excluding hydrogens is 266 g/mol. The number of aromatic nitrogens is 4. The fourth-order valence-corrected chi connectivity index (χ4v) is 2.02. The Bertz CT molecular complexity index is 684. The summed E-state index contributed by atoms with van der Waals surface area (Å²) in [7, 11) is 2.01. The lowest BCUT2D eigenvalue weighted by Crippen LogP contribution is -2.17. The third kappa shape index (κ3) is 3.49. The average molecular weight is 281 g/mol. The molecule has 3 aromatic rings. The van der Waals surface area contributed by atoms with Crippen LogP contribution in [0.25, 0.3) is 11.4 Å². The lowest BCUT2D eigenvalue weighted by molar-refractivity contribution is 0.261. The van der Waals surface area contributed by atoms with Crippen molar-refractivity contribution in [2.24, 2.45) is 0 Å². The van der Waals surface area contributed by atoms with Crippen molar-refractivity contribution in [3.8, 4) is 11.4 Å². The molecule has 0 spiro atoms. The molecule has 0 saturated carbocycles. The summed E-state index contributed by atoms with van der Waals surface area (Å²) in [6.07, 6.45) is 7.01. The van der Waals surface area contributed by atoms with Crippen molar-refractivity contribution < 1.29 is 4.52 Å². The van der Waals surface area contributed by atoms with Crippen LogP contribution in [0.4, 0.5) is 0 Å². The van der Waals surface area contributed by atoms with Crippen molar-refractivity contribution in [1.29, 1.82) is 0 Å². The molecule has 0 aromatic carbocycles. The van der Waals surface area contributed by atoms with Crippen molar-refractivity contribution in [2.75, 3.05) is 7.05 Å². The maximum atomic E-state index is 5.28. The fourth-order valence-electron chi connectivity index (χ4n) is 2.02. The van der Waals surface area contributed by atoms with E-state index in [0.717, 1.165) is 12.1 Å². The molecule has 0 aliphatic heterocycles. The molecule has 6 nitrogen and oxygen atoms in total. The molecule has 0 N–H and O–H groups in total. The van der Waals surface area contributed by atoms with Crippen molar-refractivity contribution in [3.63, 3.8) is 0 Å². The van der Waals surface area contributed by atoms with Crippen LogP contribution in [0.2, 0.25) is 0 Å². The van der Waals surface area contributed by atoms with Crippen LogP contribution in [0.5, 0.6) is 0 Å². The first-order chi connectivity index (χ1) is 10.3. The molecule has 106 valence electrons. The van der Waals surface area contributed by atoms with E-state index in [4.69, 9.17) is 4.52 Å².